The van der Waals surface area contributed by atoms with E-state index in [0.29, 0.717) is 38.2 Å². The highest BCUT2D eigenvalue weighted by molar-refractivity contribution is 5.97. The fraction of sp³-hybridized carbons (Fsp3) is 0.300. The van der Waals surface area contributed by atoms with Crippen molar-refractivity contribution in [2.45, 2.75) is 6.42 Å². The molecule has 0 saturated carbocycles. The third-order valence-electron chi connectivity index (χ3n) is 4.57. The topological polar surface area (TPSA) is 70.1 Å². The van der Waals surface area contributed by atoms with Gasteiger partial charge in [0.25, 0.3) is 5.91 Å². The van der Waals surface area contributed by atoms with Crippen molar-refractivity contribution in [2.24, 2.45) is 0 Å². The second-order valence-electron chi connectivity index (χ2n) is 6.21. The second kappa shape index (κ2) is 7.91. The molecule has 0 aromatic heterocycles. The van der Waals surface area contributed by atoms with Gasteiger partial charge in [0, 0.05) is 26.2 Å². The van der Waals surface area contributed by atoms with Crippen LogP contribution in [0, 0.1) is 0 Å². The SMILES string of the molecule is COc1ccc(CC(=O)N2CCN(C(=O)c3ccccc3O)CC2)cc1. The summed E-state index contributed by atoms with van der Waals surface area (Å²) in [6.07, 6.45) is 0.331. The number of methoxy groups -OCH3 is 1. The minimum Gasteiger partial charge on any atom is -0.507 e. The lowest BCUT2D eigenvalue weighted by molar-refractivity contribution is -0.131. The van der Waals surface area contributed by atoms with Gasteiger partial charge in [-0.1, -0.05) is 24.3 Å². The van der Waals surface area contributed by atoms with E-state index in [0.717, 1.165) is 11.3 Å². The summed E-state index contributed by atoms with van der Waals surface area (Å²) >= 11 is 0. The van der Waals surface area contributed by atoms with Crippen LogP contribution in [0.5, 0.6) is 11.5 Å². The van der Waals surface area contributed by atoms with Crippen molar-refractivity contribution in [3.63, 3.8) is 0 Å². The first-order valence-electron chi connectivity index (χ1n) is 8.56. The van der Waals surface area contributed by atoms with E-state index in [1.54, 1.807) is 35.1 Å². The van der Waals surface area contributed by atoms with Gasteiger partial charge in [-0.2, -0.15) is 0 Å². The molecule has 0 bridgehead atoms. The third-order valence-corrected chi connectivity index (χ3v) is 4.57. The lowest BCUT2D eigenvalue weighted by Gasteiger charge is -2.35. The van der Waals surface area contributed by atoms with E-state index in [-0.39, 0.29) is 17.6 Å². The van der Waals surface area contributed by atoms with E-state index in [9.17, 15) is 14.7 Å². The number of aromatic hydroxyl groups is 1. The van der Waals surface area contributed by atoms with E-state index < -0.39 is 0 Å². The molecule has 6 heteroatoms. The molecule has 1 fully saturated rings. The summed E-state index contributed by atoms with van der Waals surface area (Å²) in [5.41, 5.74) is 1.23. The van der Waals surface area contributed by atoms with E-state index in [4.69, 9.17) is 4.74 Å². The average molecular weight is 354 g/mol. The highest BCUT2D eigenvalue weighted by Crippen LogP contribution is 2.19. The van der Waals surface area contributed by atoms with Gasteiger partial charge in [-0.3, -0.25) is 9.59 Å². The first-order valence-corrected chi connectivity index (χ1v) is 8.56. The zero-order chi connectivity index (χ0) is 18.5. The summed E-state index contributed by atoms with van der Waals surface area (Å²) < 4.78 is 5.12. The Kier molecular flexibility index (Phi) is 5.41. The van der Waals surface area contributed by atoms with Crippen LogP contribution in [0.3, 0.4) is 0 Å². The highest BCUT2D eigenvalue weighted by Gasteiger charge is 2.25. The summed E-state index contributed by atoms with van der Waals surface area (Å²) in [5.74, 6) is 0.586. The van der Waals surface area contributed by atoms with Gasteiger partial charge < -0.3 is 19.6 Å². The molecule has 0 atom stereocenters. The van der Waals surface area contributed by atoms with E-state index in [1.165, 1.54) is 6.07 Å². The molecule has 2 aromatic carbocycles. The number of carbonyl (C=O) groups is 2. The molecular formula is C20H22N2O4. The number of nitrogens with zero attached hydrogens (tertiary/aromatic N) is 2. The highest BCUT2D eigenvalue weighted by atomic mass is 16.5. The zero-order valence-electron chi connectivity index (χ0n) is 14.7. The predicted molar refractivity (Wildman–Crippen MR) is 97.3 cm³/mol. The van der Waals surface area contributed by atoms with Crippen LogP contribution in [0.2, 0.25) is 0 Å². The lowest BCUT2D eigenvalue weighted by atomic mass is 10.1. The van der Waals surface area contributed by atoms with Crippen LogP contribution in [-0.2, 0) is 11.2 Å². The van der Waals surface area contributed by atoms with E-state index in [2.05, 4.69) is 0 Å². The number of carbonyl (C=O) groups excluding carboxylic acids is 2. The van der Waals surface area contributed by atoms with Crippen LogP contribution < -0.4 is 4.74 Å². The maximum Gasteiger partial charge on any atom is 0.257 e. The average Bonchev–Trinajstić information content (AvgIpc) is 2.68. The van der Waals surface area contributed by atoms with Gasteiger partial charge >= 0.3 is 0 Å². The summed E-state index contributed by atoms with van der Waals surface area (Å²) in [4.78, 5) is 28.4. The number of rotatable bonds is 4. The van der Waals surface area contributed by atoms with Gasteiger partial charge in [0.15, 0.2) is 0 Å². The number of amides is 2. The van der Waals surface area contributed by atoms with Gasteiger partial charge in [-0.05, 0) is 29.8 Å². The van der Waals surface area contributed by atoms with Crippen LogP contribution in [0.25, 0.3) is 0 Å². The molecule has 6 nitrogen and oxygen atoms in total. The van der Waals surface area contributed by atoms with Crippen molar-refractivity contribution in [2.75, 3.05) is 33.3 Å². The maximum atomic E-state index is 12.5. The molecule has 0 aliphatic carbocycles. The second-order valence-corrected chi connectivity index (χ2v) is 6.21. The number of hydrogen-bond donors (Lipinski definition) is 1. The molecule has 0 radical (unpaired) electrons. The van der Waals surface area contributed by atoms with Crippen LogP contribution in [0.15, 0.2) is 48.5 Å². The standard InChI is InChI=1S/C20H22N2O4/c1-26-16-8-6-15(7-9-16)14-19(24)21-10-12-22(13-11-21)20(25)17-4-2-3-5-18(17)23/h2-9,23H,10-14H2,1H3. The molecule has 2 aromatic rings. The lowest BCUT2D eigenvalue weighted by Crippen LogP contribution is -2.51. The van der Waals surface area contributed by atoms with Gasteiger partial charge in [-0.15, -0.1) is 0 Å². The first-order chi connectivity index (χ1) is 12.6. The van der Waals surface area contributed by atoms with Crippen molar-refractivity contribution in [1.82, 2.24) is 9.80 Å². The largest absolute Gasteiger partial charge is 0.507 e. The Morgan fingerprint density at radius 3 is 2.19 bits per heavy atom. The fourth-order valence-electron chi connectivity index (χ4n) is 3.01. The molecular weight excluding hydrogens is 332 g/mol. The number of hydrogen-bond acceptors (Lipinski definition) is 4. The van der Waals surface area contributed by atoms with Crippen molar-refractivity contribution < 1.29 is 19.4 Å². The molecule has 0 unspecified atom stereocenters. The van der Waals surface area contributed by atoms with Crippen LogP contribution in [0.4, 0.5) is 0 Å². The molecule has 1 aliphatic heterocycles. The van der Waals surface area contributed by atoms with Crippen LogP contribution >= 0.6 is 0 Å². The van der Waals surface area contributed by atoms with Gasteiger partial charge in [0.1, 0.15) is 11.5 Å². The zero-order valence-corrected chi connectivity index (χ0v) is 14.7. The van der Waals surface area contributed by atoms with Gasteiger partial charge in [0.05, 0.1) is 19.1 Å². The fourth-order valence-corrected chi connectivity index (χ4v) is 3.01. The summed E-state index contributed by atoms with van der Waals surface area (Å²) in [6.45, 7) is 1.91. The van der Waals surface area contributed by atoms with Crippen LogP contribution in [-0.4, -0.2) is 60.0 Å². The molecule has 3 rings (SSSR count). The molecule has 1 saturated heterocycles. The Balaban J connectivity index is 1.55. The normalized spacial score (nSPS) is 14.2. The number of para-hydroxylation sites is 1. The summed E-state index contributed by atoms with van der Waals surface area (Å²) in [7, 11) is 1.61. The third kappa shape index (κ3) is 3.96. The van der Waals surface area contributed by atoms with Crippen LogP contribution in [0.1, 0.15) is 15.9 Å². The number of phenolic OH excluding ortho intramolecular Hbond substituents is 1. The number of ether oxygens (including phenoxy) is 1. The van der Waals surface area contributed by atoms with Crippen molar-refractivity contribution in [3.05, 3.63) is 59.7 Å². The Hall–Kier alpha value is -3.02. The molecule has 1 N–H and O–H groups in total. The first kappa shape index (κ1) is 17.8. The monoisotopic (exact) mass is 354 g/mol. The molecule has 2 amide bonds. The molecule has 1 heterocycles. The van der Waals surface area contributed by atoms with E-state index in [1.807, 2.05) is 24.3 Å². The number of benzene rings is 2. The van der Waals surface area contributed by atoms with Gasteiger partial charge in [-0.25, -0.2) is 0 Å². The van der Waals surface area contributed by atoms with Gasteiger partial charge in [0.2, 0.25) is 5.91 Å². The van der Waals surface area contributed by atoms with Crippen molar-refractivity contribution in [3.8, 4) is 11.5 Å². The Morgan fingerprint density at radius 1 is 0.962 bits per heavy atom. The minimum absolute atomic E-state index is 0.0180. The van der Waals surface area contributed by atoms with Crippen molar-refractivity contribution in [1.29, 1.82) is 0 Å². The molecule has 136 valence electrons. The minimum atomic E-state index is -0.203. The summed E-state index contributed by atoms with van der Waals surface area (Å²) in [5, 5.41) is 9.83. The molecule has 1 aliphatic rings. The quantitative estimate of drug-likeness (QED) is 0.911. The Morgan fingerprint density at radius 2 is 1.58 bits per heavy atom. The molecule has 26 heavy (non-hydrogen) atoms. The Labute approximate surface area is 152 Å². The maximum absolute atomic E-state index is 12.5. The van der Waals surface area contributed by atoms with E-state index >= 15 is 0 Å². The summed E-state index contributed by atoms with van der Waals surface area (Å²) in [6, 6.07) is 14.0. The predicted octanol–water partition coefficient (Wildman–Crippen LogP) is 1.93. The smallest absolute Gasteiger partial charge is 0.257 e. The Bertz CT molecular complexity index is 781. The number of phenols is 1. The van der Waals surface area contributed by atoms with Crippen molar-refractivity contribution >= 4 is 11.8 Å². The number of piperazine rings is 1. The molecule has 0 spiro atoms.